The van der Waals surface area contributed by atoms with E-state index in [4.69, 9.17) is 0 Å². The number of nitrogens with one attached hydrogen (secondary N) is 2. The monoisotopic (exact) mass is 483 g/mol. The number of anilines is 1. The Bertz CT molecular complexity index is 1150. The van der Waals surface area contributed by atoms with E-state index in [1.54, 1.807) is 13.2 Å². The largest absolute Gasteiger partial charge is 0.350 e. The molecule has 4 fully saturated rings. The Hall–Kier alpha value is -3.24. The van der Waals surface area contributed by atoms with Gasteiger partial charge in [-0.15, -0.1) is 0 Å². The van der Waals surface area contributed by atoms with Crippen LogP contribution >= 0.6 is 0 Å². The third-order valence-corrected chi connectivity index (χ3v) is 8.05. The average molecular weight is 484 g/mol. The first-order chi connectivity index (χ1) is 16.6. The summed E-state index contributed by atoms with van der Waals surface area (Å²) in [6.07, 6.45) is 10.6. The number of amides is 2. The number of carbonyl (C=O) groups is 2. The number of hydrogen-bond acceptors (Lipinski definition) is 6. The highest BCUT2D eigenvalue weighted by Crippen LogP contribution is 2.65. The Morgan fingerprint density at radius 1 is 1.20 bits per heavy atom. The Morgan fingerprint density at radius 3 is 2.54 bits per heavy atom. The summed E-state index contributed by atoms with van der Waals surface area (Å²) in [7, 11) is 1.69. The van der Waals surface area contributed by atoms with Crippen molar-refractivity contribution in [1.29, 1.82) is 0 Å². The van der Waals surface area contributed by atoms with Gasteiger partial charge in [0.15, 0.2) is 0 Å². The first-order valence-electron chi connectivity index (χ1n) is 12.4. The number of aryl methyl sites for hydroxylation is 1. The lowest BCUT2D eigenvalue weighted by Gasteiger charge is -2.61. The quantitative estimate of drug-likeness (QED) is 0.437. The zero-order chi connectivity index (χ0) is 25.0. The first-order valence-corrected chi connectivity index (χ1v) is 12.4. The second kappa shape index (κ2) is 8.46. The third-order valence-electron chi connectivity index (χ3n) is 8.05. The van der Waals surface area contributed by atoms with E-state index in [9.17, 15) is 19.7 Å². The van der Waals surface area contributed by atoms with Crippen molar-refractivity contribution in [3.63, 3.8) is 0 Å². The second-order valence-electron chi connectivity index (χ2n) is 11.4. The molecule has 11 nitrogen and oxygen atoms in total. The highest BCUT2D eigenvalue weighted by Gasteiger charge is 2.59. The van der Waals surface area contributed by atoms with Crippen LogP contribution in [0.25, 0.3) is 0 Å². The number of carbonyl (C=O) groups excluding carboxylic acids is 2. The SMILES string of the molecule is CC(C)CNC(=O)c1c(NC(=O)CC23CC4CC(C2)CC(n2cc([N+](=O)[O-])cn2)(C4)C3)cnn1C. The van der Waals surface area contributed by atoms with Crippen LogP contribution in [0.1, 0.15) is 69.3 Å². The first kappa shape index (κ1) is 23.5. The lowest BCUT2D eigenvalue weighted by atomic mass is 9.46. The molecule has 4 aliphatic carbocycles. The van der Waals surface area contributed by atoms with Crippen LogP contribution in [0.5, 0.6) is 0 Å². The van der Waals surface area contributed by atoms with E-state index in [1.165, 1.54) is 17.1 Å². The van der Waals surface area contributed by atoms with Gasteiger partial charge in [-0.05, 0) is 61.7 Å². The van der Waals surface area contributed by atoms with Gasteiger partial charge < -0.3 is 10.6 Å². The van der Waals surface area contributed by atoms with Gasteiger partial charge in [0, 0.05) is 20.0 Å². The predicted octanol–water partition coefficient (Wildman–Crippen LogP) is 3.23. The molecule has 4 bridgehead atoms. The highest BCUT2D eigenvalue weighted by molar-refractivity contribution is 6.02. The van der Waals surface area contributed by atoms with E-state index < -0.39 is 4.92 Å². The minimum atomic E-state index is -0.407. The summed E-state index contributed by atoms with van der Waals surface area (Å²) in [4.78, 5) is 36.8. The van der Waals surface area contributed by atoms with Crippen molar-refractivity contribution < 1.29 is 14.5 Å². The molecular weight excluding hydrogens is 450 g/mol. The van der Waals surface area contributed by atoms with E-state index in [0.717, 1.165) is 38.5 Å². The number of rotatable bonds is 8. The molecule has 11 heteroatoms. The molecule has 188 valence electrons. The molecule has 2 unspecified atom stereocenters. The van der Waals surface area contributed by atoms with Crippen LogP contribution < -0.4 is 10.6 Å². The van der Waals surface area contributed by atoms with Gasteiger partial charge in [0.1, 0.15) is 18.1 Å². The number of nitro groups is 1. The minimum Gasteiger partial charge on any atom is -0.350 e. The molecule has 2 aromatic heterocycles. The number of nitrogens with zero attached hydrogens (tertiary/aromatic N) is 5. The Balaban J connectivity index is 1.33. The van der Waals surface area contributed by atoms with Gasteiger partial charge in [-0.2, -0.15) is 10.2 Å². The van der Waals surface area contributed by atoms with Crippen LogP contribution in [0.2, 0.25) is 0 Å². The zero-order valence-electron chi connectivity index (χ0n) is 20.5. The van der Waals surface area contributed by atoms with Crippen LogP contribution in [-0.4, -0.2) is 42.8 Å². The maximum absolute atomic E-state index is 13.3. The predicted molar refractivity (Wildman–Crippen MR) is 128 cm³/mol. The molecule has 0 aliphatic heterocycles. The summed E-state index contributed by atoms with van der Waals surface area (Å²) < 4.78 is 3.29. The van der Waals surface area contributed by atoms with Crippen molar-refractivity contribution in [2.75, 3.05) is 11.9 Å². The lowest BCUT2D eigenvalue weighted by Crippen LogP contribution is -2.57. The highest BCUT2D eigenvalue weighted by atomic mass is 16.6. The van der Waals surface area contributed by atoms with Gasteiger partial charge in [0.2, 0.25) is 5.91 Å². The van der Waals surface area contributed by atoms with Crippen molar-refractivity contribution in [1.82, 2.24) is 24.9 Å². The molecule has 0 spiro atoms. The summed E-state index contributed by atoms with van der Waals surface area (Å²) >= 11 is 0. The molecule has 2 N–H and O–H groups in total. The maximum Gasteiger partial charge on any atom is 0.307 e. The summed E-state index contributed by atoms with van der Waals surface area (Å²) in [5, 5.41) is 25.7. The van der Waals surface area contributed by atoms with Gasteiger partial charge in [-0.25, -0.2) is 0 Å². The number of aromatic nitrogens is 4. The fourth-order valence-corrected chi connectivity index (χ4v) is 7.26. The smallest absolute Gasteiger partial charge is 0.307 e. The fraction of sp³-hybridized carbons (Fsp3) is 0.667. The normalized spacial score (nSPS) is 28.9. The summed E-state index contributed by atoms with van der Waals surface area (Å²) in [5.41, 5.74) is 0.324. The van der Waals surface area contributed by atoms with Gasteiger partial charge in [-0.1, -0.05) is 13.8 Å². The molecule has 0 aromatic carbocycles. The Morgan fingerprint density at radius 2 is 1.91 bits per heavy atom. The molecule has 2 aromatic rings. The molecule has 2 heterocycles. The van der Waals surface area contributed by atoms with Gasteiger partial charge in [0.25, 0.3) is 5.91 Å². The van der Waals surface area contributed by atoms with Crippen molar-refractivity contribution in [2.24, 2.45) is 30.2 Å². The summed E-state index contributed by atoms with van der Waals surface area (Å²) in [5.74, 6) is 0.901. The van der Waals surface area contributed by atoms with Gasteiger partial charge >= 0.3 is 5.69 Å². The molecule has 2 amide bonds. The molecule has 2 atom stereocenters. The van der Waals surface area contributed by atoms with Crippen molar-refractivity contribution >= 4 is 23.2 Å². The van der Waals surface area contributed by atoms with Crippen LogP contribution in [0.3, 0.4) is 0 Å². The topological polar surface area (TPSA) is 137 Å². The van der Waals surface area contributed by atoms with E-state index in [-0.39, 0.29) is 28.5 Å². The fourth-order valence-electron chi connectivity index (χ4n) is 7.26. The van der Waals surface area contributed by atoms with Gasteiger partial charge in [0.05, 0.1) is 22.3 Å². The average Bonchev–Trinajstić information content (AvgIpc) is 3.38. The number of hydrogen-bond donors (Lipinski definition) is 2. The van der Waals surface area contributed by atoms with Gasteiger partial charge in [-0.3, -0.25) is 29.1 Å². The molecule has 35 heavy (non-hydrogen) atoms. The Kier molecular flexibility index (Phi) is 5.68. The van der Waals surface area contributed by atoms with E-state index in [2.05, 4.69) is 20.8 Å². The molecular formula is C24H33N7O4. The van der Waals surface area contributed by atoms with E-state index in [1.807, 2.05) is 18.5 Å². The third kappa shape index (κ3) is 4.32. The zero-order valence-corrected chi connectivity index (χ0v) is 20.5. The van der Waals surface area contributed by atoms with Crippen molar-refractivity contribution in [3.05, 3.63) is 34.4 Å². The second-order valence-corrected chi connectivity index (χ2v) is 11.4. The van der Waals surface area contributed by atoms with Crippen LogP contribution in [0.4, 0.5) is 11.4 Å². The molecule has 6 rings (SSSR count). The standard InChI is InChI=1S/C24H33N7O4/c1-15(2)10-25-22(33)21-19(12-26-29(21)3)28-20(32)9-23-5-16-4-17(6-23)8-24(7-16,14-23)30-13-18(11-27-30)31(34)35/h11-13,15-17H,4-10,14H2,1-3H3,(H,25,33)(H,28,32). The summed E-state index contributed by atoms with van der Waals surface area (Å²) in [6.45, 7) is 4.58. The molecule has 4 aliphatic rings. The molecule has 0 saturated heterocycles. The minimum absolute atomic E-state index is 0.00684. The van der Waals surface area contributed by atoms with Crippen molar-refractivity contribution in [3.8, 4) is 0 Å². The lowest BCUT2D eigenvalue weighted by molar-refractivity contribution is -0.385. The molecule has 4 saturated carbocycles. The van der Waals surface area contributed by atoms with Crippen LogP contribution in [-0.2, 0) is 17.4 Å². The van der Waals surface area contributed by atoms with E-state index >= 15 is 0 Å². The van der Waals surface area contributed by atoms with Crippen molar-refractivity contribution in [2.45, 2.75) is 64.3 Å². The Labute approximate surface area is 203 Å². The van der Waals surface area contributed by atoms with E-state index in [0.29, 0.717) is 42.1 Å². The van der Waals surface area contributed by atoms with Crippen LogP contribution in [0, 0.1) is 33.3 Å². The van der Waals surface area contributed by atoms with Crippen LogP contribution in [0.15, 0.2) is 18.6 Å². The molecule has 0 radical (unpaired) electrons. The maximum atomic E-state index is 13.3. The summed E-state index contributed by atoms with van der Waals surface area (Å²) in [6, 6.07) is 0.